The molecule has 0 bridgehead atoms. The van der Waals surface area contributed by atoms with Crippen molar-refractivity contribution in [1.82, 2.24) is 0 Å². The van der Waals surface area contributed by atoms with Crippen molar-refractivity contribution >= 4 is 36.3 Å². The Hall–Kier alpha value is -1.64. The number of hydrogen-bond donors (Lipinski definition) is 1. The molecule has 0 aliphatic rings. The van der Waals surface area contributed by atoms with E-state index < -0.39 is 19.9 Å². The van der Waals surface area contributed by atoms with E-state index in [0.29, 0.717) is 5.39 Å². The van der Waals surface area contributed by atoms with Gasteiger partial charge in [-0.15, -0.1) is 0 Å². The van der Waals surface area contributed by atoms with E-state index >= 15 is 0 Å². The van der Waals surface area contributed by atoms with Gasteiger partial charge in [-0.3, -0.25) is 0 Å². The molecule has 0 saturated heterocycles. The molecule has 0 heterocycles. The zero-order valence-corrected chi connectivity index (χ0v) is 14.7. The third kappa shape index (κ3) is 4.21. The summed E-state index contributed by atoms with van der Waals surface area (Å²) in [5.41, 5.74) is 0.920. The Kier molecular flexibility index (Phi) is 4.98. The first kappa shape index (κ1) is 17.7. The van der Waals surface area contributed by atoms with E-state index in [0.717, 1.165) is 11.1 Å². The molecule has 126 valence electrons. The highest BCUT2D eigenvalue weighted by Gasteiger charge is 2.19. The summed E-state index contributed by atoms with van der Waals surface area (Å²) < 4.78 is 47.1. The largest absolute Gasteiger partial charge is 0.377 e. The van der Waals surface area contributed by atoms with Crippen molar-refractivity contribution in [2.24, 2.45) is 5.14 Å². The van der Waals surface area contributed by atoms with E-state index in [9.17, 15) is 16.8 Å². The summed E-state index contributed by atoms with van der Waals surface area (Å²) in [4.78, 5) is 2.13. The minimum atomic E-state index is -3.66. The number of fused-ring (bicyclic) bond motifs is 1. The molecule has 0 radical (unpaired) electrons. The van der Waals surface area contributed by atoms with Gasteiger partial charge in [0.05, 0.1) is 16.4 Å². The van der Waals surface area contributed by atoms with Crippen molar-refractivity contribution in [3.05, 3.63) is 36.4 Å². The summed E-state index contributed by atoms with van der Waals surface area (Å²) in [6.07, 6.45) is -0.0229. The van der Waals surface area contributed by atoms with E-state index in [4.69, 9.17) is 5.14 Å². The third-order valence-corrected chi connectivity index (χ3v) is 6.23. The predicted octanol–water partition coefficient (Wildman–Crippen LogP) is 1.36. The van der Waals surface area contributed by atoms with Crippen LogP contribution in [-0.4, -0.2) is 42.4 Å². The Labute approximate surface area is 136 Å². The van der Waals surface area contributed by atoms with Crippen LogP contribution in [0.4, 0.5) is 5.69 Å². The molecule has 0 fully saturated rings. The number of nitrogens with two attached hydrogens (primary N) is 1. The van der Waals surface area contributed by atoms with Gasteiger partial charge in [0.15, 0.2) is 9.84 Å². The third-order valence-electron chi connectivity index (χ3n) is 3.52. The molecule has 2 N–H and O–H groups in total. The van der Waals surface area contributed by atoms with Crippen molar-refractivity contribution in [3.8, 4) is 0 Å². The number of benzene rings is 2. The van der Waals surface area contributed by atoms with Crippen LogP contribution in [0, 0.1) is 0 Å². The number of sulfonamides is 1. The van der Waals surface area contributed by atoms with Gasteiger partial charge in [0.25, 0.3) is 0 Å². The Morgan fingerprint density at radius 3 is 2.13 bits per heavy atom. The molecule has 0 unspecified atom stereocenters. The Balaban J connectivity index is 2.45. The highest BCUT2D eigenvalue weighted by Crippen LogP contribution is 2.30. The summed E-state index contributed by atoms with van der Waals surface area (Å²) in [7, 11) is -3.47. The van der Waals surface area contributed by atoms with Crippen LogP contribution >= 0.6 is 0 Å². The molecule has 0 aliphatic carbocycles. The molecule has 6 nitrogen and oxygen atoms in total. The van der Waals surface area contributed by atoms with E-state index in [1.807, 2.05) is 31.1 Å². The van der Waals surface area contributed by atoms with Gasteiger partial charge in [0.2, 0.25) is 10.0 Å². The summed E-state index contributed by atoms with van der Waals surface area (Å²) in [5.74, 6) is -0.603. The molecule has 2 rings (SSSR count). The molecule has 0 saturated carbocycles. The van der Waals surface area contributed by atoms with Gasteiger partial charge in [-0.2, -0.15) is 0 Å². The van der Waals surface area contributed by atoms with Crippen molar-refractivity contribution in [1.29, 1.82) is 0 Å². The monoisotopic (exact) mass is 356 g/mol. The molecule has 0 aliphatic heterocycles. The molecule has 0 aromatic heterocycles. The van der Waals surface area contributed by atoms with Gasteiger partial charge >= 0.3 is 0 Å². The Morgan fingerprint density at radius 2 is 1.52 bits per heavy atom. The van der Waals surface area contributed by atoms with Gasteiger partial charge in [0, 0.05) is 30.6 Å². The molecule has 23 heavy (non-hydrogen) atoms. The van der Waals surface area contributed by atoms with Crippen LogP contribution in [0.25, 0.3) is 10.8 Å². The van der Waals surface area contributed by atoms with Gasteiger partial charge in [0.1, 0.15) is 0 Å². The van der Waals surface area contributed by atoms with Crippen LogP contribution in [0.15, 0.2) is 41.3 Å². The second kappa shape index (κ2) is 6.46. The first-order valence-corrected chi connectivity index (χ1v) is 10.4. The van der Waals surface area contributed by atoms with Crippen LogP contribution in [0.2, 0.25) is 0 Å². The maximum Gasteiger partial charge on any atom is 0.209 e. The molecule has 0 spiro atoms. The van der Waals surface area contributed by atoms with Gasteiger partial charge < -0.3 is 4.90 Å². The Bertz CT molecular complexity index is 920. The second-order valence-corrected chi connectivity index (χ2v) is 9.37. The lowest BCUT2D eigenvalue weighted by Gasteiger charge is -2.17. The SMILES string of the molecule is CN(C)c1cccc2c(S(=O)(=O)CCCS(N)(=O)=O)cccc12. The molecular weight excluding hydrogens is 336 g/mol. The van der Waals surface area contributed by atoms with Crippen molar-refractivity contribution < 1.29 is 16.8 Å². The zero-order valence-electron chi connectivity index (χ0n) is 13.1. The van der Waals surface area contributed by atoms with E-state index in [2.05, 4.69) is 0 Å². The minimum absolute atomic E-state index is 0.0229. The minimum Gasteiger partial charge on any atom is -0.377 e. The number of primary sulfonamides is 1. The smallest absolute Gasteiger partial charge is 0.209 e. The molecule has 2 aromatic rings. The fraction of sp³-hybridized carbons (Fsp3) is 0.333. The number of rotatable bonds is 6. The molecular formula is C15H20N2O4S2. The lowest BCUT2D eigenvalue weighted by Crippen LogP contribution is -2.19. The number of hydrogen-bond acceptors (Lipinski definition) is 5. The van der Waals surface area contributed by atoms with Crippen LogP contribution in [0.3, 0.4) is 0 Å². The van der Waals surface area contributed by atoms with Gasteiger partial charge in [-0.1, -0.05) is 24.3 Å². The normalized spacial score (nSPS) is 12.5. The highest BCUT2D eigenvalue weighted by molar-refractivity contribution is 7.92. The zero-order chi connectivity index (χ0) is 17.3. The molecule has 0 atom stereocenters. The molecule has 0 amide bonds. The van der Waals surface area contributed by atoms with Crippen molar-refractivity contribution in [2.75, 3.05) is 30.5 Å². The number of sulfone groups is 1. The van der Waals surface area contributed by atoms with E-state index in [-0.39, 0.29) is 22.8 Å². The van der Waals surface area contributed by atoms with E-state index in [1.165, 1.54) is 0 Å². The number of nitrogens with zero attached hydrogens (tertiary/aromatic N) is 1. The maximum absolute atomic E-state index is 12.6. The maximum atomic E-state index is 12.6. The number of anilines is 1. The lowest BCUT2D eigenvalue weighted by molar-refractivity contribution is 0.591. The fourth-order valence-electron chi connectivity index (χ4n) is 2.49. The summed E-state index contributed by atoms with van der Waals surface area (Å²) in [5, 5.41) is 6.39. The standard InChI is InChI=1S/C15H20N2O4S2/c1-17(2)14-8-3-7-13-12(14)6-4-9-15(13)22(18,19)10-5-11-23(16,20)21/h3-4,6-9H,5,10-11H2,1-2H3,(H2,16,20,21). The van der Waals surface area contributed by atoms with Crippen molar-refractivity contribution in [3.63, 3.8) is 0 Å². The van der Waals surface area contributed by atoms with Crippen LogP contribution in [0.5, 0.6) is 0 Å². The van der Waals surface area contributed by atoms with Gasteiger partial charge in [-0.25, -0.2) is 22.0 Å². The summed E-state index contributed by atoms with van der Waals surface area (Å²) in [6, 6.07) is 10.6. The highest BCUT2D eigenvalue weighted by atomic mass is 32.2. The molecule has 8 heteroatoms. The second-order valence-electron chi connectivity index (χ2n) is 5.56. The van der Waals surface area contributed by atoms with Gasteiger partial charge in [-0.05, 0) is 18.6 Å². The fourth-order valence-corrected chi connectivity index (χ4v) is 4.76. The summed E-state index contributed by atoms with van der Waals surface area (Å²) in [6.45, 7) is 0. The van der Waals surface area contributed by atoms with Crippen LogP contribution < -0.4 is 10.0 Å². The average molecular weight is 356 g/mol. The Morgan fingerprint density at radius 1 is 0.913 bits per heavy atom. The lowest BCUT2D eigenvalue weighted by atomic mass is 10.1. The van der Waals surface area contributed by atoms with Crippen molar-refractivity contribution in [2.45, 2.75) is 11.3 Å². The topological polar surface area (TPSA) is 97.5 Å². The van der Waals surface area contributed by atoms with Crippen LogP contribution in [-0.2, 0) is 19.9 Å². The van der Waals surface area contributed by atoms with E-state index in [1.54, 1.807) is 24.3 Å². The first-order chi connectivity index (χ1) is 10.6. The summed E-state index contributed by atoms with van der Waals surface area (Å²) >= 11 is 0. The van der Waals surface area contributed by atoms with Crippen LogP contribution in [0.1, 0.15) is 6.42 Å². The molecule has 2 aromatic carbocycles. The average Bonchev–Trinajstić information content (AvgIpc) is 2.44. The first-order valence-electron chi connectivity index (χ1n) is 7.04. The quantitative estimate of drug-likeness (QED) is 0.843. The predicted molar refractivity (Wildman–Crippen MR) is 92.9 cm³/mol.